The molecule has 1 aromatic carbocycles. The number of nitrogens with zero attached hydrogens (tertiary/aromatic N) is 2. The van der Waals surface area contributed by atoms with Gasteiger partial charge < -0.3 is 5.32 Å². The lowest BCUT2D eigenvalue weighted by Crippen LogP contribution is -2.32. The number of aryl methyl sites for hydroxylation is 1. The highest BCUT2D eigenvalue weighted by atomic mass is 35.5. The maximum atomic E-state index is 13.2. The lowest BCUT2D eigenvalue weighted by Gasteiger charge is -2.18. The van der Waals surface area contributed by atoms with Crippen molar-refractivity contribution >= 4 is 44.7 Å². The van der Waals surface area contributed by atoms with Crippen LogP contribution in [-0.2, 0) is 17.6 Å². The van der Waals surface area contributed by atoms with Crippen LogP contribution in [0.4, 0.5) is 5.69 Å². The minimum absolute atomic E-state index is 0.137. The van der Waals surface area contributed by atoms with Gasteiger partial charge in [-0.15, -0.1) is 11.3 Å². The largest absolute Gasteiger partial charge is 0.324 e. The third-order valence-corrected chi connectivity index (χ3v) is 7.13. The molecule has 2 atom stereocenters. The highest BCUT2D eigenvalue weighted by molar-refractivity contribution is 7.18. The lowest BCUT2D eigenvalue weighted by molar-refractivity contribution is -0.118. The van der Waals surface area contributed by atoms with Crippen LogP contribution in [0.2, 0.25) is 5.02 Å². The van der Waals surface area contributed by atoms with E-state index in [4.69, 9.17) is 11.6 Å². The predicted octanol–water partition coefficient (Wildman–Crippen LogP) is 4.74. The third kappa shape index (κ3) is 3.25. The molecule has 4 rings (SSSR count). The Hall–Kier alpha value is -2.18. The van der Waals surface area contributed by atoms with Gasteiger partial charge in [0.15, 0.2) is 0 Å². The van der Waals surface area contributed by atoms with Gasteiger partial charge >= 0.3 is 0 Å². The van der Waals surface area contributed by atoms with Gasteiger partial charge in [-0.05, 0) is 62.3 Å². The van der Waals surface area contributed by atoms with Crippen molar-refractivity contribution in [2.24, 2.45) is 5.92 Å². The molecule has 3 aromatic rings. The fourth-order valence-corrected chi connectivity index (χ4v) is 5.24. The minimum Gasteiger partial charge on any atom is -0.324 e. The predicted molar refractivity (Wildman–Crippen MR) is 115 cm³/mol. The molecule has 0 spiro atoms. The van der Waals surface area contributed by atoms with Crippen molar-refractivity contribution in [3.8, 4) is 0 Å². The van der Waals surface area contributed by atoms with E-state index in [1.165, 1.54) is 15.8 Å². The molecule has 0 saturated carbocycles. The first kappa shape index (κ1) is 19.2. The summed E-state index contributed by atoms with van der Waals surface area (Å²) in [6, 6.07) is 4.68. The van der Waals surface area contributed by atoms with E-state index in [0.717, 1.165) is 35.2 Å². The zero-order valence-corrected chi connectivity index (χ0v) is 17.7. The van der Waals surface area contributed by atoms with E-state index in [0.29, 0.717) is 22.0 Å². The molecular weight excluding hydrogens is 394 g/mol. The molecule has 5 nitrogen and oxygen atoms in total. The van der Waals surface area contributed by atoms with Crippen molar-refractivity contribution in [1.82, 2.24) is 9.55 Å². The summed E-state index contributed by atoms with van der Waals surface area (Å²) in [5.74, 6) is 0.361. The Balaban J connectivity index is 1.68. The maximum absolute atomic E-state index is 13.2. The molecule has 0 unspecified atom stereocenters. The van der Waals surface area contributed by atoms with Crippen molar-refractivity contribution < 1.29 is 4.79 Å². The fraction of sp³-hybridized carbons (Fsp3) is 0.381. The minimum atomic E-state index is -0.680. The number of hydrogen-bond donors (Lipinski definition) is 1. The van der Waals surface area contributed by atoms with Crippen LogP contribution in [0.1, 0.15) is 42.3 Å². The Labute approximate surface area is 172 Å². The standard InChI is InChI=1S/C21H22ClN3O2S/c1-11-7-8-14-17(9-11)28-20-18(14)21(27)25(10-23-20)13(3)19(26)24-16-6-4-5-15(22)12(16)2/h4-6,10-11,13H,7-9H2,1-3H3,(H,24,26)/t11-,13-/m0/s1. The number of hydrogen-bond acceptors (Lipinski definition) is 4. The van der Waals surface area contributed by atoms with Gasteiger partial charge in [-0.3, -0.25) is 14.2 Å². The SMILES string of the molecule is Cc1c(Cl)cccc1NC(=O)[C@H](C)n1cnc2sc3c(c2c1=O)CC[C@H](C)C3. The van der Waals surface area contributed by atoms with Gasteiger partial charge in [0, 0.05) is 15.6 Å². The number of amides is 1. The second-order valence-corrected chi connectivity index (χ2v) is 9.06. The molecule has 0 aliphatic heterocycles. The van der Waals surface area contributed by atoms with Gasteiger partial charge in [0.2, 0.25) is 5.91 Å². The maximum Gasteiger partial charge on any atom is 0.263 e. The van der Waals surface area contributed by atoms with Crippen LogP contribution in [0.3, 0.4) is 0 Å². The fourth-order valence-electron chi connectivity index (χ4n) is 3.73. The Morgan fingerprint density at radius 3 is 3.00 bits per heavy atom. The summed E-state index contributed by atoms with van der Waals surface area (Å²) in [4.78, 5) is 32.5. The van der Waals surface area contributed by atoms with Crippen molar-refractivity contribution in [3.63, 3.8) is 0 Å². The molecule has 28 heavy (non-hydrogen) atoms. The summed E-state index contributed by atoms with van der Waals surface area (Å²) >= 11 is 7.75. The second-order valence-electron chi connectivity index (χ2n) is 7.57. The van der Waals surface area contributed by atoms with Crippen LogP contribution in [0.15, 0.2) is 29.3 Å². The van der Waals surface area contributed by atoms with E-state index >= 15 is 0 Å². The van der Waals surface area contributed by atoms with E-state index in [2.05, 4.69) is 17.2 Å². The van der Waals surface area contributed by atoms with Crippen molar-refractivity contribution in [2.45, 2.75) is 46.1 Å². The zero-order valence-electron chi connectivity index (χ0n) is 16.1. The number of anilines is 1. The number of halogens is 1. The molecule has 0 saturated heterocycles. The molecule has 2 heterocycles. The number of carbonyl (C=O) groups is 1. The van der Waals surface area contributed by atoms with Gasteiger partial charge in [-0.2, -0.15) is 0 Å². The molecule has 0 radical (unpaired) electrons. The molecule has 0 fully saturated rings. The molecule has 1 amide bonds. The number of fused-ring (bicyclic) bond motifs is 3. The van der Waals surface area contributed by atoms with Gasteiger partial charge in [0.05, 0.1) is 11.7 Å². The Morgan fingerprint density at radius 2 is 2.21 bits per heavy atom. The Morgan fingerprint density at radius 1 is 1.43 bits per heavy atom. The van der Waals surface area contributed by atoms with Crippen LogP contribution >= 0.6 is 22.9 Å². The van der Waals surface area contributed by atoms with E-state index in [9.17, 15) is 9.59 Å². The summed E-state index contributed by atoms with van der Waals surface area (Å²) in [5, 5.41) is 4.15. The van der Waals surface area contributed by atoms with Gasteiger partial charge in [0.25, 0.3) is 5.56 Å². The van der Waals surface area contributed by atoms with Gasteiger partial charge in [-0.1, -0.05) is 24.6 Å². The third-order valence-electron chi connectivity index (χ3n) is 5.56. The van der Waals surface area contributed by atoms with Crippen LogP contribution in [0, 0.1) is 12.8 Å². The van der Waals surface area contributed by atoms with E-state index < -0.39 is 6.04 Å². The smallest absolute Gasteiger partial charge is 0.263 e. The first-order valence-electron chi connectivity index (χ1n) is 9.44. The van der Waals surface area contributed by atoms with Crippen molar-refractivity contribution in [3.05, 3.63) is 55.9 Å². The molecule has 1 aliphatic rings. The van der Waals surface area contributed by atoms with E-state index in [1.54, 1.807) is 36.5 Å². The number of rotatable bonds is 3. The second kappa shape index (κ2) is 7.33. The number of benzene rings is 1. The summed E-state index contributed by atoms with van der Waals surface area (Å²) in [5.41, 5.74) is 2.44. The Kier molecular flexibility index (Phi) is 5.02. The summed E-state index contributed by atoms with van der Waals surface area (Å²) in [7, 11) is 0. The highest BCUT2D eigenvalue weighted by Gasteiger charge is 2.25. The monoisotopic (exact) mass is 415 g/mol. The number of carbonyl (C=O) groups excluding carboxylic acids is 1. The molecule has 7 heteroatoms. The van der Waals surface area contributed by atoms with Gasteiger partial charge in [0.1, 0.15) is 10.9 Å². The summed E-state index contributed by atoms with van der Waals surface area (Å²) in [6.07, 6.45) is 4.47. The normalized spacial score (nSPS) is 17.4. The average Bonchev–Trinajstić information content (AvgIpc) is 3.03. The van der Waals surface area contributed by atoms with Crippen LogP contribution in [0.25, 0.3) is 10.2 Å². The Bertz CT molecular complexity index is 1130. The quantitative estimate of drug-likeness (QED) is 0.671. The average molecular weight is 416 g/mol. The number of thiophene rings is 1. The van der Waals surface area contributed by atoms with Crippen LogP contribution in [-0.4, -0.2) is 15.5 Å². The first-order chi connectivity index (χ1) is 13.4. The first-order valence-corrected chi connectivity index (χ1v) is 10.6. The molecule has 1 N–H and O–H groups in total. The molecule has 1 aliphatic carbocycles. The van der Waals surface area contributed by atoms with E-state index in [1.807, 2.05) is 6.92 Å². The molecular formula is C21H22ClN3O2S. The molecule has 0 bridgehead atoms. The number of aromatic nitrogens is 2. The topological polar surface area (TPSA) is 64.0 Å². The lowest BCUT2D eigenvalue weighted by atomic mass is 9.89. The van der Waals surface area contributed by atoms with Crippen LogP contribution < -0.4 is 10.9 Å². The van der Waals surface area contributed by atoms with E-state index in [-0.39, 0.29) is 11.5 Å². The summed E-state index contributed by atoms with van der Waals surface area (Å²) < 4.78 is 1.43. The van der Waals surface area contributed by atoms with Crippen LogP contribution in [0.5, 0.6) is 0 Å². The summed E-state index contributed by atoms with van der Waals surface area (Å²) in [6.45, 7) is 5.80. The highest BCUT2D eigenvalue weighted by Crippen LogP contribution is 2.35. The number of nitrogens with one attached hydrogen (secondary N) is 1. The molecule has 146 valence electrons. The molecule has 2 aromatic heterocycles. The van der Waals surface area contributed by atoms with Crippen molar-refractivity contribution in [1.29, 1.82) is 0 Å². The zero-order chi connectivity index (χ0) is 20.0. The van der Waals surface area contributed by atoms with Gasteiger partial charge in [-0.25, -0.2) is 4.98 Å². The van der Waals surface area contributed by atoms with Crippen molar-refractivity contribution in [2.75, 3.05) is 5.32 Å².